The number of carbonyl (C=O) groups is 2. The first-order valence-electron chi connectivity index (χ1n) is 6.95. The maximum atomic E-state index is 12.1. The first kappa shape index (κ1) is 17.0. The van der Waals surface area contributed by atoms with Crippen LogP contribution in [0.3, 0.4) is 0 Å². The zero-order valence-electron chi connectivity index (χ0n) is 13.2. The fourth-order valence-electron chi connectivity index (χ4n) is 1.97. The van der Waals surface area contributed by atoms with E-state index in [1.165, 1.54) is 0 Å². The van der Waals surface area contributed by atoms with Gasteiger partial charge in [0.25, 0.3) is 0 Å². The minimum atomic E-state index is -0.939. The topological polar surface area (TPSA) is 96.3 Å². The lowest BCUT2D eigenvalue weighted by atomic mass is 9.85. The van der Waals surface area contributed by atoms with Crippen molar-refractivity contribution in [3.05, 3.63) is 11.9 Å². The first-order valence-corrected chi connectivity index (χ1v) is 6.95. The average Bonchev–Trinajstić information content (AvgIpc) is 2.66. The van der Waals surface area contributed by atoms with Gasteiger partial charge in [0, 0.05) is 19.3 Å². The molecule has 7 nitrogen and oxygen atoms in total. The van der Waals surface area contributed by atoms with Crippen LogP contribution in [0.25, 0.3) is 0 Å². The predicted octanol–water partition coefficient (Wildman–Crippen LogP) is 1.99. The summed E-state index contributed by atoms with van der Waals surface area (Å²) in [7, 11) is 1.78. The molecule has 21 heavy (non-hydrogen) atoms. The van der Waals surface area contributed by atoms with E-state index >= 15 is 0 Å². The van der Waals surface area contributed by atoms with Gasteiger partial charge in [0.1, 0.15) is 0 Å². The molecule has 7 heteroatoms. The minimum Gasteiger partial charge on any atom is -0.481 e. The predicted molar refractivity (Wildman–Crippen MR) is 80.2 cm³/mol. The normalized spacial score (nSPS) is 12.8. The van der Waals surface area contributed by atoms with Crippen molar-refractivity contribution in [3.8, 4) is 0 Å². The Morgan fingerprint density at radius 1 is 1.43 bits per heavy atom. The Morgan fingerprint density at radius 2 is 2.05 bits per heavy atom. The van der Waals surface area contributed by atoms with Gasteiger partial charge in [0.15, 0.2) is 0 Å². The van der Waals surface area contributed by atoms with Crippen LogP contribution in [0.1, 0.15) is 39.8 Å². The first-order chi connectivity index (χ1) is 9.63. The second-order valence-corrected chi connectivity index (χ2v) is 6.13. The Labute approximate surface area is 124 Å². The van der Waals surface area contributed by atoms with Crippen molar-refractivity contribution in [1.29, 1.82) is 0 Å². The van der Waals surface area contributed by atoms with Crippen molar-refractivity contribution in [2.75, 3.05) is 5.32 Å². The van der Waals surface area contributed by atoms with Crippen LogP contribution in [0.2, 0.25) is 0 Å². The van der Waals surface area contributed by atoms with Gasteiger partial charge in [0.05, 0.1) is 17.8 Å². The number of carboxylic acid groups (broad SMARTS) is 1. The number of anilines is 1. The molecule has 1 aromatic heterocycles. The van der Waals surface area contributed by atoms with Crippen LogP contribution in [0.4, 0.5) is 10.5 Å². The third kappa shape index (κ3) is 5.09. The number of urea groups is 1. The molecule has 0 spiro atoms. The highest BCUT2D eigenvalue weighted by Crippen LogP contribution is 2.22. The van der Waals surface area contributed by atoms with Crippen molar-refractivity contribution < 1.29 is 14.7 Å². The molecule has 118 valence electrons. The van der Waals surface area contributed by atoms with Gasteiger partial charge in [0.2, 0.25) is 0 Å². The summed E-state index contributed by atoms with van der Waals surface area (Å²) in [4.78, 5) is 23.0. The van der Waals surface area contributed by atoms with Crippen LogP contribution < -0.4 is 10.6 Å². The summed E-state index contributed by atoms with van der Waals surface area (Å²) in [5.74, 6) is -0.939. The standard InChI is InChI=1S/C14H24N4O3/c1-6-9-10(8-18(5)17-9)15-13(21)16-11(7-12(19)20)14(2,3)4/h8,11H,6-7H2,1-5H3,(H,19,20)(H2,15,16,21). The third-order valence-electron chi connectivity index (χ3n) is 3.22. The van der Waals surface area contributed by atoms with Crippen LogP contribution >= 0.6 is 0 Å². The van der Waals surface area contributed by atoms with Crippen molar-refractivity contribution in [1.82, 2.24) is 15.1 Å². The van der Waals surface area contributed by atoms with Gasteiger partial charge >= 0.3 is 12.0 Å². The number of aliphatic carboxylic acids is 1. The van der Waals surface area contributed by atoms with Gasteiger partial charge < -0.3 is 15.7 Å². The molecule has 3 N–H and O–H groups in total. The third-order valence-corrected chi connectivity index (χ3v) is 3.22. The largest absolute Gasteiger partial charge is 0.481 e. The number of nitrogens with one attached hydrogen (secondary N) is 2. The zero-order valence-corrected chi connectivity index (χ0v) is 13.2. The summed E-state index contributed by atoms with van der Waals surface area (Å²) in [6.07, 6.45) is 2.31. The van der Waals surface area contributed by atoms with E-state index in [9.17, 15) is 9.59 Å². The summed E-state index contributed by atoms with van der Waals surface area (Å²) < 4.78 is 1.63. The maximum absolute atomic E-state index is 12.1. The smallest absolute Gasteiger partial charge is 0.319 e. The minimum absolute atomic E-state index is 0.120. The molecule has 0 saturated heterocycles. The van der Waals surface area contributed by atoms with Crippen LogP contribution in [-0.2, 0) is 18.3 Å². The summed E-state index contributed by atoms with van der Waals surface area (Å²) in [6.45, 7) is 7.63. The number of rotatable bonds is 5. The summed E-state index contributed by atoms with van der Waals surface area (Å²) in [5.41, 5.74) is 1.08. The van der Waals surface area contributed by atoms with Gasteiger partial charge in [-0.25, -0.2) is 4.79 Å². The molecule has 0 radical (unpaired) electrons. The van der Waals surface area contributed by atoms with Crippen LogP contribution in [0, 0.1) is 5.41 Å². The van der Waals surface area contributed by atoms with E-state index in [0.717, 1.165) is 5.69 Å². The molecule has 1 atom stereocenters. The molecule has 0 aromatic carbocycles. The quantitative estimate of drug-likeness (QED) is 0.774. The van der Waals surface area contributed by atoms with E-state index in [1.807, 2.05) is 27.7 Å². The molecule has 1 heterocycles. The molecule has 0 aliphatic heterocycles. The Morgan fingerprint density at radius 3 is 2.52 bits per heavy atom. The van der Waals surface area contributed by atoms with Crippen molar-refractivity contribution in [3.63, 3.8) is 0 Å². The molecule has 0 saturated carbocycles. The van der Waals surface area contributed by atoms with Gasteiger partial charge in [-0.2, -0.15) is 5.10 Å². The highest BCUT2D eigenvalue weighted by atomic mass is 16.4. The lowest BCUT2D eigenvalue weighted by molar-refractivity contribution is -0.138. The molecule has 0 fully saturated rings. The van der Waals surface area contributed by atoms with E-state index < -0.39 is 18.0 Å². The molecule has 2 amide bonds. The Balaban J connectivity index is 2.76. The number of hydrogen-bond acceptors (Lipinski definition) is 3. The number of carbonyl (C=O) groups excluding carboxylic acids is 1. The summed E-state index contributed by atoms with van der Waals surface area (Å²) in [5, 5.41) is 18.7. The number of aromatic nitrogens is 2. The average molecular weight is 296 g/mol. The van der Waals surface area contributed by atoms with E-state index in [-0.39, 0.29) is 11.8 Å². The second kappa shape index (κ2) is 6.60. The Kier molecular flexibility index (Phi) is 5.34. The van der Waals surface area contributed by atoms with Crippen molar-refractivity contribution in [2.24, 2.45) is 12.5 Å². The second-order valence-electron chi connectivity index (χ2n) is 6.13. The molecular weight excluding hydrogens is 272 g/mol. The fourth-order valence-corrected chi connectivity index (χ4v) is 1.97. The molecular formula is C14H24N4O3. The fraction of sp³-hybridized carbons (Fsp3) is 0.643. The van der Waals surface area contributed by atoms with Crippen LogP contribution in [0.5, 0.6) is 0 Å². The Hall–Kier alpha value is -2.05. The molecule has 0 bridgehead atoms. The van der Waals surface area contributed by atoms with E-state index in [4.69, 9.17) is 5.11 Å². The number of carboxylic acids is 1. The highest BCUT2D eigenvalue weighted by molar-refractivity contribution is 5.90. The van der Waals surface area contributed by atoms with Crippen molar-refractivity contribution >= 4 is 17.7 Å². The molecule has 0 aliphatic carbocycles. The van der Waals surface area contributed by atoms with E-state index in [0.29, 0.717) is 12.1 Å². The SMILES string of the molecule is CCc1nn(C)cc1NC(=O)NC(CC(=O)O)C(C)(C)C. The Bertz CT molecular complexity index is 517. The number of amides is 2. The lowest BCUT2D eigenvalue weighted by Crippen LogP contribution is -2.46. The molecule has 1 rings (SSSR count). The van der Waals surface area contributed by atoms with E-state index in [2.05, 4.69) is 15.7 Å². The number of nitrogens with zero attached hydrogens (tertiary/aromatic N) is 2. The van der Waals surface area contributed by atoms with Crippen LogP contribution in [-0.4, -0.2) is 32.9 Å². The number of aryl methyl sites for hydroxylation is 2. The van der Waals surface area contributed by atoms with Gasteiger partial charge in [-0.1, -0.05) is 27.7 Å². The highest BCUT2D eigenvalue weighted by Gasteiger charge is 2.28. The van der Waals surface area contributed by atoms with Gasteiger partial charge in [-0.05, 0) is 11.8 Å². The summed E-state index contributed by atoms with van der Waals surface area (Å²) in [6, 6.07) is -0.879. The maximum Gasteiger partial charge on any atom is 0.319 e. The summed E-state index contributed by atoms with van der Waals surface area (Å²) >= 11 is 0. The molecule has 1 unspecified atom stereocenters. The van der Waals surface area contributed by atoms with Gasteiger partial charge in [-0.15, -0.1) is 0 Å². The number of hydrogen-bond donors (Lipinski definition) is 3. The zero-order chi connectivity index (χ0) is 16.2. The van der Waals surface area contributed by atoms with Crippen LogP contribution in [0.15, 0.2) is 6.20 Å². The molecule has 1 aromatic rings. The van der Waals surface area contributed by atoms with Gasteiger partial charge in [-0.3, -0.25) is 9.48 Å². The molecule has 0 aliphatic rings. The van der Waals surface area contributed by atoms with E-state index in [1.54, 1.807) is 17.9 Å². The monoisotopic (exact) mass is 296 g/mol. The van der Waals surface area contributed by atoms with Crippen molar-refractivity contribution in [2.45, 2.75) is 46.6 Å². The lowest BCUT2D eigenvalue weighted by Gasteiger charge is -2.30.